The first-order valence-corrected chi connectivity index (χ1v) is 6.56. The lowest BCUT2D eigenvalue weighted by Gasteiger charge is -1.93. The van der Waals surface area contributed by atoms with E-state index in [0.29, 0.717) is 29.9 Å². The maximum absolute atomic E-state index is 5.68. The van der Waals surface area contributed by atoms with Crippen LogP contribution in [-0.2, 0) is 11.2 Å². The fourth-order valence-electron chi connectivity index (χ4n) is 1.74. The summed E-state index contributed by atoms with van der Waals surface area (Å²) >= 11 is 1.44. The lowest BCUT2D eigenvalue weighted by molar-refractivity contribution is 0.199. The van der Waals surface area contributed by atoms with Gasteiger partial charge in [-0.3, -0.25) is 0 Å². The minimum Gasteiger partial charge on any atom is -0.384 e. The molecule has 0 aliphatic rings. The Labute approximate surface area is 113 Å². The number of hydrogen-bond acceptors (Lipinski definition) is 7. The van der Waals surface area contributed by atoms with Gasteiger partial charge in [0.15, 0.2) is 11.0 Å². The molecular formula is C12H12N4O2S. The molecule has 6 nitrogen and oxygen atoms in total. The molecule has 2 N–H and O–H groups in total. The van der Waals surface area contributed by atoms with Crippen LogP contribution in [0, 0.1) is 0 Å². The van der Waals surface area contributed by atoms with Crippen LogP contribution in [0.3, 0.4) is 0 Å². The van der Waals surface area contributed by atoms with Gasteiger partial charge in [-0.15, -0.1) is 0 Å². The van der Waals surface area contributed by atoms with Crippen LogP contribution in [0.5, 0.6) is 0 Å². The van der Waals surface area contributed by atoms with Gasteiger partial charge in [0.1, 0.15) is 0 Å². The largest absolute Gasteiger partial charge is 0.384 e. The lowest BCUT2D eigenvalue weighted by Crippen LogP contribution is -1.96. The minimum absolute atomic E-state index is 0.500. The molecule has 7 heteroatoms. The number of aromatic nitrogens is 3. The van der Waals surface area contributed by atoms with Crippen molar-refractivity contribution in [2.75, 3.05) is 19.5 Å². The number of hydrogen-bond donors (Lipinski definition) is 1. The number of ether oxygens (including phenoxy) is 1. The average Bonchev–Trinajstić information content (AvgIpc) is 3.00. The third kappa shape index (κ3) is 2.42. The SMILES string of the molecule is COCCc1noc(-c2ccc3nc(N)sc3c2)n1. The van der Waals surface area contributed by atoms with Crippen molar-refractivity contribution < 1.29 is 9.26 Å². The summed E-state index contributed by atoms with van der Waals surface area (Å²) in [7, 11) is 1.64. The van der Waals surface area contributed by atoms with Crippen LogP contribution in [0.1, 0.15) is 5.82 Å². The van der Waals surface area contributed by atoms with E-state index in [-0.39, 0.29) is 0 Å². The van der Waals surface area contributed by atoms with Gasteiger partial charge in [0.25, 0.3) is 5.89 Å². The molecule has 0 aliphatic heterocycles. The van der Waals surface area contributed by atoms with Crippen LogP contribution in [0.25, 0.3) is 21.7 Å². The number of nitrogens with two attached hydrogens (primary N) is 1. The van der Waals surface area contributed by atoms with Crippen molar-refractivity contribution in [2.45, 2.75) is 6.42 Å². The maximum atomic E-state index is 5.68. The van der Waals surface area contributed by atoms with Gasteiger partial charge < -0.3 is 15.0 Å². The maximum Gasteiger partial charge on any atom is 0.257 e. The summed E-state index contributed by atoms with van der Waals surface area (Å²) in [4.78, 5) is 8.53. The molecule has 0 spiro atoms. The van der Waals surface area contributed by atoms with Gasteiger partial charge in [0.05, 0.1) is 16.8 Å². The first-order chi connectivity index (χ1) is 9.26. The summed E-state index contributed by atoms with van der Waals surface area (Å²) in [6.45, 7) is 0.573. The number of fused-ring (bicyclic) bond motifs is 1. The van der Waals surface area contributed by atoms with E-state index in [9.17, 15) is 0 Å². The van der Waals surface area contributed by atoms with E-state index < -0.39 is 0 Å². The summed E-state index contributed by atoms with van der Waals surface area (Å²) in [5.74, 6) is 1.14. The van der Waals surface area contributed by atoms with Gasteiger partial charge >= 0.3 is 0 Å². The number of nitrogen functional groups attached to an aromatic ring is 1. The molecule has 0 radical (unpaired) electrons. The van der Waals surface area contributed by atoms with E-state index in [4.69, 9.17) is 15.0 Å². The number of thiazole rings is 1. The van der Waals surface area contributed by atoms with E-state index >= 15 is 0 Å². The highest BCUT2D eigenvalue weighted by atomic mass is 32.1. The Kier molecular flexibility index (Phi) is 3.14. The molecular weight excluding hydrogens is 264 g/mol. The van der Waals surface area contributed by atoms with Crippen molar-refractivity contribution in [1.82, 2.24) is 15.1 Å². The third-order valence-corrected chi connectivity index (χ3v) is 3.50. The van der Waals surface area contributed by atoms with Crippen molar-refractivity contribution in [3.8, 4) is 11.5 Å². The average molecular weight is 276 g/mol. The Balaban J connectivity index is 1.92. The Hall–Kier alpha value is -1.99. The van der Waals surface area contributed by atoms with Crippen LogP contribution in [0.2, 0.25) is 0 Å². The van der Waals surface area contributed by atoms with Gasteiger partial charge in [-0.1, -0.05) is 16.5 Å². The van der Waals surface area contributed by atoms with E-state index in [0.717, 1.165) is 15.8 Å². The van der Waals surface area contributed by atoms with E-state index in [1.165, 1.54) is 11.3 Å². The highest BCUT2D eigenvalue weighted by molar-refractivity contribution is 7.22. The zero-order valence-electron chi connectivity index (χ0n) is 10.3. The van der Waals surface area contributed by atoms with Gasteiger partial charge in [-0.05, 0) is 18.2 Å². The van der Waals surface area contributed by atoms with Gasteiger partial charge in [-0.25, -0.2) is 4.98 Å². The summed E-state index contributed by atoms with van der Waals surface area (Å²) in [6.07, 6.45) is 0.635. The minimum atomic E-state index is 0.500. The Morgan fingerprint density at radius 1 is 1.37 bits per heavy atom. The van der Waals surface area contributed by atoms with Crippen molar-refractivity contribution in [3.63, 3.8) is 0 Å². The molecule has 0 unspecified atom stereocenters. The molecule has 98 valence electrons. The summed E-state index contributed by atoms with van der Waals surface area (Å²) < 4.78 is 11.2. The van der Waals surface area contributed by atoms with Gasteiger partial charge in [0, 0.05) is 19.1 Å². The number of anilines is 1. The summed E-state index contributed by atoms with van der Waals surface area (Å²) in [5.41, 5.74) is 7.43. The second kappa shape index (κ2) is 4.94. The highest BCUT2D eigenvalue weighted by Gasteiger charge is 2.10. The first-order valence-electron chi connectivity index (χ1n) is 5.74. The molecule has 0 saturated carbocycles. The number of methoxy groups -OCH3 is 1. The molecule has 2 heterocycles. The van der Waals surface area contributed by atoms with E-state index in [1.807, 2.05) is 18.2 Å². The predicted octanol–water partition coefficient (Wildman–Crippen LogP) is 2.12. The van der Waals surface area contributed by atoms with Crippen molar-refractivity contribution in [1.29, 1.82) is 0 Å². The standard InChI is InChI=1S/C12H12N4O2S/c1-17-5-4-10-15-11(18-16-10)7-2-3-8-9(6-7)19-12(13)14-8/h2-3,6H,4-5H2,1H3,(H2,13,14). The Bertz CT molecular complexity index is 707. The van der Waals surface area contributed by atoms with Crippen molar-refractivity contribution in [3.05, 3.63) is 24.0 Å². The molecule has 1 aromatic carbocycles. The van der Waals surface area contributed by atoms with Gasteiger partial charge in [0.2, 0.25) is 0 Å². The van der Waals surface area contributed by atoms with Crippen LogP contribution < -0.4 is 5.73 Å². The highest BCUT2D eigenvalue weighted by Crippen LogP contribution is 2.28. The summed E-state index contributed by atoms with van der Waals surface area (Å²) in [6, 6.07) is 5.75. The Morgan fingerprint density at radius 3 is 3.11 bits per heavy atom. The number of nitrogens with zero attached hydrogens (tertiary/aromatic N) is 3. The van der Waals surface area contributed by atoms with E-state index in [2.05, 4.69) is 15.1 Å². The van der Waals surface area contributed by atoms with Crippen molar-refractivity contribution in [2.24, 2.45) is 0 Å². The number of benzene rings is 1. The normalized spacial score (nSPS) is 11.2. The quantitative estimate of drug-likeness (QED) is 0.785. The smallest absolute Gasteiger partial charge is 0.257 e. The molecule has 0 fully saturated rings. The summed E-state index contributed by atoms with van der Waals surface area (Å²) in [5, 5.41) is 4.47. The Morgan fingerprint density at radius 2 is 2.26 bits per heavy atom. The predicted molar refractivity (Wildman–Crippen MR) is 72.9 cm³/mol. The van der Waals surface area contributed by atoms with Crippen LogP contribution >= 0.6 is 11.3 Å². The molecule has 0 bridgehead atoms. The van der Waals surface area contributed by atoms with Crippen LogP contribution in [0.4, 0.5) is 5.13 Å². The topological polar surface area (TPSA) is 87.1 Å². The van der Waals surface area contributed by atoms with E-state index in [1.54, 1.807) is 7.11 Å². The third-order valence-electron chi connectivity index (χ3n) is 2.65. The molecule has 3 aromatic rings. The van der Waals surface area contributed by atoms with Crippen LogP contribution in [0.15, 0.2) is 22.7 Å². The monoisotopic (exact) mass is 276 g/mol. The molecule has 0 atom stereocenters. The number of rotatable bonds is 4. The zero-order valence-corrected chi connectivity index (χ0v) is 11.1. The second-order valence-corrected chi connectivity index (χ2v) is 5.06. The van der Waals surface area contributed by atoms with Crippen LogP contribution in [-0.4, -0.2) is 28.8 Å². The zero-order chi connectivity index (χ0) is 13.2. The molecule has 19 heavy (non-hydrogen) atoms. The van der Waals surface area contributed by atoms with Crippen molar-refractivity contribution >= 4 is 26.7 Å². The fraction of sp³-hybridized carbons (Fsp3) is 0.250. The fourth-order valence-corrected chi connectivity index (χ4v) is 2.52. The molecule has 2 aromatic heterocycles. The van der Waals surface area contributed by atoms with Gasteiger partial charge in [-0.2, -0.15) is 4.98 Å². The molecule has 0 amide bonds. The second-order valence-electron chi connectivity index (χ2n) is 3.99. The first kappa shape index (κ1) is 12.1. The molecule has 0 aliphatic carbocycles. The lowest BCUT2D eigenvalue weighted by atomic mass is 10.2. The molecule has 3 rings (SSSR count). The molecule has 0 saturated heterocycles.